The third-order valence-electron chi connectivity index (χ3n) is 5.68. The minimum atomic E-state index is -0.396. The molecular formula is C26H26N2O4S3. The summed E-state index contributed by atoms with van der Waals surface area (Å²) in [6.07, 6.45) is 9.38. The van der Waals surface area contributed by atoms with Gasteiger partial charge in [-0.2, -0.15) is 0 Å². The molecule has 9 heteroatoms. The molecule has 4 rings (SSSR count). The van der Waals surface area contributed by atoms with Crippen molar-refractivity contribution in [1.82, 2.24) is 4.90 Å². The summed E-state index contributed by atoms with van der Waals surface area (Å²) in [6.45, 7) is 2.22. The number of ether oxygens (including phenoxy) is 1. The first-order valence-electron chi connectivity index (χ1n) is 11.6. The Bertz CT molecular complexity index is 1200. The summed E-state index contributed by atoms with van der Waals surface area (Å²) in [7, 11) is 0. The Balaban J connectivity index is 1.38. The van der Waals surface area contributed by atoms with Gasteiger partial charge in [0.25, 0.3) is 5.91 Å². The predicted octanol–water partition coefficient (Wildman–Crippen LogP) is 5.59. The van der Waals surface area contributed by atoms with E-state index in [1.165, 1.54) is 28.0 Å². The lowest BCUT2D eigenvalue weighted by atomic mass is 9.95. The van der Waals surface area contributed by atoms with Crippen molar-refractivity contribution in [1.29, 1.82) is 0 Å². The van der Waals surface area contributed by atoms with E-state index in [1.54, 1.807) is 13.0 Å². The van der Waals surface area contributed by atoms with Crippen LogP contribution in [0.15, 0.2) is 47.4 Å². The molecule has 0 unspecified atom stereocenters. The number of nitrogens with zero attached hydrogens (tertiary/aromatic N) is 1. The number of thiophene rings is 1. The number of allylic oxidation sites excluding steroid dienone is 2. The van der Waals surface area contributed by atoms with Crippen LogP contribution in [-0.4, -0.2) is 40.2 Å². The number of rotatable bonds is 8. The van der Waals surface area contributed by atoms with Crippen LogP contribution in [0, 0.1) is 0 Å². The van der Waals surface area contributed by atoms with E-state index >= 15 is 0 Å². The van der Waals surface area contributed by atoms with Gasteiger partial charge in [-0.05, 0) is 49.8 Å². The molecule has 0 atom stereocenters. The Morgan fingerprint density at radius 3 is 2.74 bits per heavy atom. The number of thiocarbonyl (C=S) groups is 1. The Hall–Kier alpha value is -2.75. The first-order valence-corrected chi connectivity index (χ1v) is 13.6. The highest BCUT2D eigenvalue weighted by Gasteiger charge is 2.32. The molecule has 2 amide bonds. The lowest BCUT2D eigenvalue weighted by molar-refractivity contribution is -0.122. The molecule has 0 spiro atoms. The molecule has 1 aromatic heterocycles. The monoisotopic (exact) mass is 526 g/mol. The summed E-state index contributed by atoms with van der Waals surface area (Å²) in [6, 6.07) is 9.80. The lowest BCUT2D eigenvalue weighted by Gasteiger charge is -2.14. The van der Waals surface area contributed by atoms with Crippen LogP contribution < -0.4 is 5.32 Å². The molecule has 2 aliphatic rings. The maximum Gasteiger partial charge on any atom is 0.341 e. The van der Waals surface area contributed by atoms with Gasteiger partial charge in [-0.15, -0.1) is 11.3 Å². The van der Waals surface area contributed by atoms with Crippen LogP contribution in [0.25, 0.3) is 6.08 Å². The minimum absolute atomic E-state index is 0.0738. The van der Waals surface area contributed by atoms with E-state index < -0.39 is 5.97 Å². The molecule has 1 aliphatic carbocycles. The van der Waals surface area contributed by atoms with Crippen LogP contribution in [0.4, 0.5) is 5.00 Å². The van der Waals surface area contributed by atoms with Crippen molar-refractivity contribution in [2.75, 3.05) is 18.5 Å². The summed E-state index contributed by atoms with van der Waals surface area (Å²) < 4.78 is 5.68. The van der Waals surface area contributed by atoms with Gasteiger partial charge in [0, 0.05) is 17.8 Å². The maximum atomic E-state index is 12.8. The van der Waals surface area contributed by atoms with Gasteiger partial charge in [0.05, 0.1) is 17.1 Å². The highest BCUT2D eigenvalue weighted by Crippen LogP contribution is 2.39. The van der Waals surface area contributed by atoms with E-state index in [-0.39, 0.29) is 31.4 Å². The number of fused-ring (bicyclic) bond motifs is 1. The van der Waals surface area contributed by atoms with Crippen molar-refractivity contribution in [3.8, 4) is 0 Å². The van der Waals surface area contributed by atoms with Crippen molar-refractivity contribution in [3.05, 3.63) is 69.0 Å². The molecule has 1 N–H and O–H groups in total. The Morgan fingerprint density at radius 1 is 1.20 bits per heavy atom. The Morgan fingerprint density at radius 2 is 1.97 bits per heavy atom. The molecule has 182 valence electrons. The standard InChI is InChI=1S/C26H26N2O4S3/c1-2-32-25(31)22-18-12-6-7-13-19(18)34-23(22)27-21(29)15-16-28-24(30)20(35-26(28)33)14-8-11-17-9-4-3-5-10-17/h3-5,8-11,14H,2,6-7,12-13,15-16H2,1H3,(H,27,29). The SMILES string of the molecule is CCOC(=O)c1c(NC(=O)CCN2C(=O)C(=CC=Cc3ccccc3)SC2=S)sc2c1CCCC2. The lowest BCUT2D eigenvalue weighted by Crippen LogP contribution is -2.31. The van der Waals surface area contributed by atoms with Crippen LogP contribution in [0.1, 0.15) is 52.5 Å². The number of hydrogen-bond acceptors (Lipinski definition) is 7. The molecule has 1 fully saturated rings. The van der Waals surface area contributed by atoms with Gasteiger partial charge in [-0.3, -0.25) is 14.5 Å². The van der Waals surface area contributed by atoms with E-state index in [4.69, 9.17) is 17.0 Å². The van der Waals surface area contributed by atoms with Crippen molar-refractivity contribution in [3.63, 3.8) is 0 Å². The average molecular weight is 527 g/mol. The van der Waals surface area contributed by atoms with E-state index in [2.05, 4.69) is 5.32 Å². The molecule has 0 radical (unpaired) electrons. The summed E-state index contributed by atoms with van der Waals surface area (Å²) in [5.41, 5.74) is 2.52. The fourth-order valence-corrected chi connectivity index (χ4v) is 6.55. The largest absolute Gasteiger partial charge is 0.462 e. The number of anilines is 1. The number of amides is 2. The number of hydrogen-bond donors (Lipinski definition) is 1. The first kappa shape index (κ1) is 25.3. The van der Waals surface area contributed by atoms with Crippen LogP contribution in [0.5, 0.6) is 0 Å². The molecule has 2 aromatic rings. The van der Waals surface area contributed by atoms with Crippen molar-refractivity contribution in [2.45, 2.75) is 39.0 Å². The highest BCUT2D eigenvalue weighted by atomic mass is 32.2. The summed E-state index contributed by atoms with van der Waals surface area (Å²) in [5, 5.41) is 3.43. The van der Waals surface area contributed by atoms with Gasteiger partial charge < -0.3 is 10.1 Å². The number of aryl methyl sites for hydroxylation is 1. The predicted molar refractivity (Wildman–Crippen MR) is 146 cm³/mol. The van der Waals surface area contributed by atoms with E-state index in [0.717, 1.165) is 41.7 Å². The summed E-state index contributed by atoms with van der Waals surface area (Å²) in [5.74, 6) is -0.867. The zero-order valence-electron chi connectivity index (χ0n) is 19.4. The van der Waals surface area contributed by atoms with Gasteiger partial charge in [0.2, 0.25) is 5.91 Å². The normalized spacial score (nSPS) is 16.7. The van der Waals surface area contributed by atoms with E-state index in [1.807, 2.05) is 42.5 Å². The molecule has 1 aliphatic heterocycles. The minimum Gasteiger partial charge on any atom is -0.462 e. The van der Waals surface area contributed by atoms with Gasteiger partial charge in [0.15, 0.2) is 0 Å². The number of thioether (sulfide) groups is 1. The number of carbonyl (C=O) groups excluding carboxylic acids is 3. The quantitative estimate of drug-likeness (QED) is 0.275. The van der Waals surface area contributed by atoms with Crippen LogP contribution in [-0.2, 0) is 27.2 Å². The van der Waals surface area contributed by atoms with Gasteiger partial charge in [-0.1, -0.05) is 66.5 Å². The third-order valence-corrected chi connectivity index (χ3v) is 8.28. The first-order chi connectivity index (χ1) is 17.0. The molecule has 2 heterocycles. The Kier molecular flexibility index (Phi) is 8.54. The number of esters is 1. The number of benzene rings is 1. The van der Waals surface area contributed by atoms with Gasteiger partial charge in [0.1, 0.15) is 9.32 Å². The smallest absolute Gasteiger partial charge is 0.341 e. The third kappa shape index (κ3) is 6.09. The molecule has 0 bridgehead atoms. The fraction of sp³-hybridized carbons (Fsp3) is 0.308. The maximum absolute atomic E-state index is 12.8. The van der Waals surface area contributed by atoms with E-state index in [0.29, 0.717) is 19.8 Å². The molecule has 6 nitrogen and oxygen atoms in total. The molecule has 1 aromatic carbocycles. The Labute approximate surface area is 218 Å². The van der Waals surface area contributed by atoms with Crippen molar-refractivity contribution < 1.29 is 19.1 Å². The average Bonchev–Trinajstić information content (AvgIpc) is 3.34. The topological polar surface area (TPSA) is 75.7 Å². The van der Waals surface area contributed by atoms with Gasteiger partial charge in [-0.25, -0.2) is 4.79 Å². The second-order valence-electron chi connectivity index (χ2n) is 8.06. The molecule has 0 saturated carbocycles. The molecule has 1 saturated heterocycles. The summed E-state index contributed by atoms with van der Waals surface area (Å²) in [4.78, 5) is 41.3. The fourth-order valence-electron chi connectivity index (χ4n) is 3.99. The molecule has 35 heavy (non-hydrogen) atoms. The molecular weight excluding hydrogens is 500 g/mol. The zero-order chi connectivity index (χ0) is 24.8. The zero-order valence-corrected chi connectivity index (χ0v) is 21.8. The van der Waals surface area contributed by atoms with Crippen LogP contribution in [0.3, 0.4) is 0 Å². The van der Waals surface area contributed by atoms with Crippen LogP contribution >= 0.6 is 35.3 Å². The van der Waals surface area contributed by atoms with Gasteiger partial charge >= 0.3 is 5.97 Å². The second kappa shape index (κ2) is 11.8. The van der Waals surface area contributed by atoms with Crippen LogP contribution in [0.2, 0.25) is 0 Å². The highest BCUT2D eigenvalue weighted by molar-refractivity contribution is 8.26. The summed E-state index contributed by atoms with van der Waals surface area (Å²) >= 11 is 8.06. The van der Waals surface area contributed by atoms with E-state index in [9.17, 15) is 14.4 Å². The second-order valence-corrected chi connectivity index (χ2v) is 10.8. The number of nitrogens with one attached hydrogen (secondary N) is 1. The van der Waals surface area contributed by atoms with Crippen molar-refractivity contribution in [2.24, 2.45) is 0 Å². The number of carbonyl (C=O) groups is 3. The van der Waals surface area contributed by atoms with Crippen molar-refractivity contribution >= 4 is 68.5 Å².